The molecule has 2 rings (SSSR count). The van der Waals surface area contributed by atoms with Gasteiger partial charge in [0.15, 0.2) is 0 Å². The SMILES string of the molecule is CNC(=O)C1CNCCN1C(C)c1ccc(N(C)C)cc1. The van der Waals surface area contributed by atoms with Crippen LogP contribution >= 0.6 is 0 Å². The van der Waals surface area contributed by atoms with Gasteiger partial charge in [-0.1, -0.05) is 12.1 Å². The molecule has 5 heteroatoms. The second-order valence-corrected chi connectivity index (χ2v) is 5.73. The third-order valence-electron chi connectivity index (χ3n) is 4.22. The van der Waals surface area contributed by atoms with E-state index >= 15 is 0 Å². The van der Waals surface area contributed by atoms with Crippen molar-refractivity contribution < 1.29 is 4.79 Å². The highest BCUT2D eigenvalue weighted by atomic mass is 16.2. The molecule has 2 N–H and O–H groups in total. The van der Waals surface area contributed by atoms with Crippen LogP contribution in [0.15, 0.2) is 24.3 Å². The molecule has 116 valence electrons. The Bertz CT molecular complexity index is 472. The topological polar surface area (TPSA) is 47.6 Å². The fourth-order valence-corrected chi connectivity index (χ4v) is 2.84. The molecule has 1 aromatic carbocycles. The van der Waals surface area contributed by atoms with Gasteiger partial charge in [-0.3, -0.25) is 9.69 Å². The average molecular weight is 290 g/mol. The first-order chi connectivity index (χ1) is 10.0. The minimum atomic E-state index is -0.104. The van der Waals surface area contributed by atoms with E-state index < -0.39 is 0 Å². The first kappa shape index (κ1) is 15.8. The van der Waals surface area contributed by atoms with Crippen LogP contribution in [0, 0.1) is 0 Å². The summed E-state index contributed by atoms with van der Waals surface area (Å²) in [5, 5.41) is 6.07. The number of nitrogens with zero attached hydrogens (tertiary/aromatic N) is 2. The smallest absolute Gasteiger partial charge is 0.238 e. The molecule has 0 saturated carbocycles. The van der Waals surface area contributed by atoms with Crippen LogP contribution in [0.5, 0.6) is 0 Å². The van der Waals surface area contributed by atoms with Gasteiger partial charge in [0.1, 0.15) is 6.04 Å². The van der Waals surface area contributed by atoms with Crippen LogP contribution in [-0.2, 0) is 4.79 Å². The molecular weight excluding hydrogens is 264 g/mol. The van der Waals surface area contributed by atoms with Gasteiger partial charge < -0.3 is 15.5 Å². The lowest BCUT2D eigenvalue weighted by Crippen LogP contribution is -2.57. The summed E-state index contributed by atoms with van der Waals surface area (Å²) in [5.41, 5.74) is 2.44. The predicted octanol–water partition coefficient (Wildman–Crippen LogP) is 0.833. The van der Waals surface area contributed by atoms with Gasteiger partial charge >= 0.3 is 0 Å². The van der Waals surface area contributed by atoms with Crippen LogP contribution in [0.4, 0.5) is 5.69 Å². The third-order valence-corrected chi connectivity index (χ3v) is 4.22. The number of benzene rings is 1. The lowest BCUT2D eigenvalue weighted by molar-refractivity contribution is -0.127. The summed E-state index contributed by atoms with van der Waals surface area (Å²) in [6.45, 7) is 4.69. The molecule has 1 amide bonds. The Morgan fingerprint density at radius 3 is 2.62 bits per heavy atom. The average Bonchev–Trinajstić information content (AvgIpc) is 2.53. The van der Waals surface area contributed by atoms with Gasteiger partial charge in [-0.2, -0.15) is 0 Å². The molecule has 1 aliphatic heterocycles. The van der Waals surface area contributed by atoms with Gasteiger partial charge in [-0.05, 0) is 24.6 Å². The number of piperazine rings is 1. The second kappa shape index (κ2) is 6.91. The number of anilines is 1. The maximum atomic E-state index is 12.1. The summed E-state index contributed by atoms with van der Waals surface area (Å²) < 4.78 is 0. The zero-order valence-electron chi connectivity index (χ0n) is 13.4. The summed E-state index contributed by atoms with van der Waals surface area (Å²) in [6.07, 6.45) is 0. The number of likely N-dealkylation sites (N-methyl/N-ethyl adjacent to an activating group) is 1. The van der Waals surface area contributed by atoms with Crippen molar-refractivity contribution in [1.82, 2.24) is 15.5 Å². The molecule has 0 spiro atoms. The molecule has 1 fully saturated rings. The largest absolute Gasteiger partial charge is 0.378 e. The van der Waals surface area contributed by atoms with Gasteiger partial charge in [0.05, 0.1) is 0 Å². The highest BCUT2D eigenvalue weighted by molar-refractivity contribution is 5.81. The molecule has 21 heavy (non-hydrogen) atoms. The Hall–Kier alpha value is -1.59. The van der Waals surface area contributed by atoms with Crippen molar-refractivity contribution in [1.29, 1.82) is 0 Å². The van der Waals surface area contributed by atoms with E-state index in [1.807, 2.05) is 14.1 Å². The van der Waals surface area contributed by atoms with Crippen molar-refractivity contribution in [3.8, 4) is 0 Å². The minimum absolute atomic E-state index is 0.0824. The maximum absolute atomic E-state index is 12.1. The van der Waals surface area contributed by atoms with Crippen molar-refractivity contribution in [3.05, 3.63) is 29.8 Å². The zero-order chi connectivity index (χ0) is 15.4. The van der Waals surface area contributed by atoms with E-state index in [-0.39, 0.29) is 18.0 Å². The fraction of sp³-hybridized carbons (Fsp3) is 0.562. The van der Waals surface area contributed by atoms with E-state index in [2.05, 4.69) is 51.6 Å². The minimum Gasteiger partial charge on any atom is -0.378 e. The number of carbonyl (C=O) groups is 1. The monoisotopic (exact) mass is 290 g/mol. The lowest BCUT2D eigenvalue weighted by atomic mass is 10.0. The molecular formula is C16H26N4O. The molecule has 1 heterocycles. The van der Waals surface area contributed by atoms with Crippen molar-refractivity contribution in [3.63, 3.8) is 0 Å². The first-order valence-corrected chi connectivity index (χ1v) is 7.50. The molecule has 0 radical (unpaired) electrons. The number of hydrogen-bond donors (Lipinski definition) is 2. The molecule has 5 nitrogen and oxygen atoms in total. The molecule has 0 bridgehead atoms. The molecule has 0 aromatic heterocycles. The van der Waals surface area contributed by atoms with Gasteiger partial charge in [-0.25, -0.2) is 0 Å². The second-order valence-electron chi connectivity index (χ2n) is 5.73. The van der Waals surface area contributed by atoms with Crippen LogP contribution in [0.3, 0.4) is 0 Å². The van der Waals surface area contributed by atoms with Gasteiger partial charge in [-0.15, -0.1) is 0 Å². The van der Waals surface area contributed by atoms with E-state index in [1.54, 1.807) is 7.05 Å². The molecule has 1 aliphatic rings. The quantitative estimate of drug-likeness (QED) is 0.862. The fourth-order valence-electron chi connectivity index (χ4n) is 2.84. The molecule has 2 atom stereocenters. The van der Waals surface area contributed by atoms with E-state index in [1.165, 1.54) is 11.3 Å². The Balaban J connectivity index is 2.16. The summed E-state index contributed by atoms with van der Waals surface area (Å²) >= 11 is 0. The summed E-state index contributed by atoms with van der Waals surface area (Å²) in [4.78, 5) is 16.4. The van der Waals surface area contributed by atoms with Crippen LogP contribution in [0.1, 0.15) is 18.5 Å². The van der Waals surface area contributed by atoms with E-state index in [9.17, 15) is 4.79 Å². The van der Waals surface area contributed by atoms with Crippen molar-refractivity contribution in [2.45, 2.75) is 19.0 Å². The van der Waals surface area contributed by atoms with Crippen LogP contribution < -0.4 is 15.5 Å². The number of amides is 1. The summed E-state index contributed by atoms with van der Waals surface area (Å²) in [7, 11) is 5.78. The first-order valence-electron chi connectivity index (χ1n) is 7.50. The highest BCUT2D eigenvalue weighted by Gasteiger charge is 2.31. The maximum Gasteiger partial charge on any atom is 0.238 e. The summed E-state index contributed by atoms with van der Waals surface area (Å²) in [5.74, 6) is 0.0824. The van der Waals surface area contributed by atoms with Crippen molar-refractivity contribution in [2.24, 2.45) is 0 Å². The summed E-state index contributed by atoms with van der Waals surface area (Å²) in [6, 6.07) is 8.69. The van der Waals surface area contributed by atoms with E-state index in [4.69, 9.17) is 0 Å². The normalized spacial score (nSPS) is 20.9. The Morgan fingerprint density at radius 2 is 2.05 bits per heavy atom. The number of carbonyl (C=O) groups excluding carboxylic acids is 1. The van der Waals surface area contributed by atoms with Crippen molar-refractivity contribution in [2.75, 3.05) is 45.7 Å². The Labute approximate surface area is 127 Å². The third kappa shape index (κ3) is 3.54. The van der Waals surface area contributed by atoms with Crippen LogP contribution in [0.2, 0.25) is 0 Å². The van der Waals surface area contributed by atoms with Crippen LogP contribution in [-0.4, -0.2) is 57.6 Å². The predicted molar refractivity (Wildman–Crippen MR) is 86.6 cm³/mol. The molecule has 1 aromatic rings. The van der Waals surface area contributed by atoms with Crippen LogP contribution in [0.25, 0.3) is 0 Å². The van der Waals surface area contributed by atoms with Gasteiger partial charge in [0, 0.05) is 52.5 Å². The lowest BCUT2D eigenvalue weighted by Gasteiger charge is -2.39. The molecule has 0 aliphatic carbocycles. The van der Waals surface area contributed by atoms with Gasteiger partial charge in [0.2, 0.25) is 5.91 Å². The Kier molecular flexibility index (Phi) is 5.20. The molecule has 2 unspecified atom stereocenters. The Morgan fingerprint density at radius 1 is 1.38 bits per heavy atom. The van der Waals surface area contributed by atoms with E-state index in [0.29, 0.717) is 6.54 Å². The highest BCUT2D eigenvalue weighted by Crippen LogP contribution is 2.25. The number of nitrogens with one attached hydrogen (secondary N) is 2. The standard InChI is InChI=1S/C16H26N4O/c1-12(13-5-7-14(8-6-13)19(3)4)20-10-9-18-11-15(20)16(21)17-2/h5-8,12,15,18H,9-11H2,1-4H3,(H,17,21). The number of rotatable bonds is 4. The van der Waals surface area contributed by atoms with Crippen molar-refractivity contribution >= 4 is 11.6 Å². The number of hydrogen-bond acceptors (Lipinski definition) is 4. The molecule has 1 saturated heterocycles. The zero-order valence-corrected chi connectivity index (χ0v) is 13.4. The van der Waals surface area contributed by atoms with Gasteiger partial charge in [0.25, 0.3) is 0 Å². The van der Waals surface area contributed by atoms with E-state index in [0.717, 1.165) is 13.1 Å².